The maximum atomic E-state index is 13.7. The fraction of sp³-hybridized carbons (Fsp3) is 0.158. The van der Waals surface area contributed by atoms with Crippen molar-refractivity contribution < 1.29 is 17.6 Å². The largest absolute Gasteiger partial charge is 0.324 e. The molecule has 138 valence electrons. The van der Waals surface area contributed by atoms with Crippen LogP contribution in [0, 0.1) is 18.6 Å². The summed E-state index contributed by atoms with van der Waals surface area (Å²) in [6, 6.07) is 6.87. The van der Waals surface area contributed by atoms with E-state index < -0.39 is 24.6 Å². The molecule has 0 aliphatic carbocycles. The lowest BCUT2D eigenvalue weighted by atomic mass is 10.1. The van der Waals surface area contributed by atoms with Crippen molar-refractivity contribution in [3.8, 4) is 22.5 Å². The normalized spacial score (nSPS) is 11.6. The van der Waals surface area contributed by atoms with Gasteiger partial charge >= 0.3 is 0 Å². The Hall–Kier alpha value is -3.16. The lowest BCUT2D eigenvalue weighted by molar-refractivity contribution is 0.127. The molecule has 3 heterocycles. The molecule has 0 saturated carbocycles. The lowest BCUT2D eigenvalue weighted by Crippen LogP contribution is -2.07. The van der Waals surface area contributed by atoms with Crippen LogP contribution in [0.4, 0.5) is 17.6 Å². The molecule has 3 aromatic heterocycles. The highest BCUT2D eigenvalue weighted by Crippen LogP contribution is 2.32. The number of aryl methyl sites for hydroxylation is 1. The van der Waals surface area contributed by atoms with Crippen molar-refractivity contribution in [2.75, 3.05) is 0 Å². The van der Waals surface area contributed by atoms with Crippen LogP contribution < -0.4 is 0 Å². The molecular formula is C19H14F4N4. The molecule has 0 bridgehead atoms. The Morgan fingerprint density at radius 1 is 1.00 bits per heavy atom. The van der Waals surface area contributed by atoms with Crippen LogP contribution in [0.5, 0.6) is 0 Å². The number of halogens is 4. The Labute approximate surface area is 151 Å². The molecule has 0 atom stereocenters. The molecule has 4 rings (SSSR count). The van der Waals surface area contributed by atoms with E-state index in [1.807, 2.05) is 11.3 Å². The van der Waals surface area contributed by atoms with E-state index in [1.54, 1.807) is 24.5 Å². The number of nitrogens with zero attached hydrogens (tertiary/aromatic N) is 4. The van der Waals surface area contributed by atoms with Gasteiger partial charge in [0.15, 0.2) is 11.6 Å². The first kappa shape index (κ1) is 17.3. The van der Waals surface area contributed by atoms with Gasteiger partial charge in [0.05, 0.1) is 24.3 Å². The Balaban J connectivity index is 1.93. The first-order valence-electron chi connectivity index (χ1n) is 8.17. The van der Waals surface area contributed by atoms with Gasteiger partial charge in [-0.3, -0.25) is 0 Å². The number of imidazole rings is 2. The van der Waals surface area contributed by atoms with Crippen LogP contribution in [-0.2, 0) is 6.54 Å². The van der Waals surface area contributed by atoms with Gasteiger partial charge in [-0.25, -0.2) is 27.5 Å². The second-order valence-electron chi connectivity index (χ2n) is 6.16. The van der Waals surface area contributed by atoms with Gasteiger partial charge in [-0.05, 0) is 37.3 Å². The van der Waals surface area contributed by atoms with Gasteiger partial charge in [-0.2, -0.15) is 0 Å². The summed E-state index contributed by atoms with van der Waals surface area (Å²) in [4.78, 5) is 8.44. The van der Waals surface area contributed by atoms with Crippen molar-refractivity contribution in [3.63, 3.8) is 0 Å². The van der Waals surface area contributed by atoms with E-state index in [2.05, 4.69) is 9.97 Å². The summed E-state index contributed by atoms with van der Waals surface area (Å²) in [5.74, 6) is -2.01. The smallest absolute Gasteiger partial charge is 0.256 e. The van der Waals surface area contributed by atoms with Gasteiger partial charge in [0, 0.05) is 29.2 Å². The van der Waals surface area contributed by atoms with Crippen molar-refractivity contribution in [2.45, 2.75) is 19.9 Å². The number of benzene rings is 1. The molecule has 0 saturated heterocycles. The molecule has 8 heteroatoms. The SMILES string of the molecule is Cc1cnc2ccc(-c3c(-c4ccc(F)c(F)c4)ncn3CC(F)F)cn12. The quantitative estimate of drug-likeness (QED) is 0.485. The molecule has 0 unspecified atom stereocenters. The van der Waals surface area contributed by atoms with E-state index in [0.29, 0.717) is 28.2 Å². The molecule has 0 radical (unpaired) electrons. The summed E-state index contributed by atoms with van der Waals surface area (Å²) in [5.41, 5.74) is 3.20. The molecule has 1 aromatic carbocycles. The average Bonchev–Trinajstić information content (AvgIpc) is 3.20. The number of aromatic nitrogens is 4. The monoisotopic (exact) mass is 374 g/mol. The summed E-state index contributed by atoms with van der Waals surface area (Å²) >= 11 is 0. The molecule has 4 aromatic rings. The van der Waals surface area contributed by atoms with Gasteiger partial charge in [0.1, 0.15) is 5.65 Å². The molecule has 0 fully saturated rings. The third-order valence-corrected chi connectivity index (χ3v) is 4.33. The molecule has 0 N–H and O–H groups in total. The summed E-state index contributed by atoms with van der Waals surface area (Å²) in [7, 11) is 0. The number of hydrogen-bond donors (Lipinski definition) is 0. The van der Waals surface area contributed by atoms with E-state index in [4.69, 9.17) is 0 Å². The molecule has 0 spiro atoms. The van der Waals surface area contributed by atoms with Crippen LogP contribution >= 0.6 is 0 Å². The molecule has 27 heavy (non-hydrogen) atoms. The van der Waals surface area contributed by atoms with Crippen molar-refractivity contribution in [3.05, 3.63) is 66.4 Å². The van der Waals surface area contributed by atoms with Crippen molar-refractivity contribution in [2.24, 2.45) is 0 Å². The summed E-state index contributed by atoms with van der Waals surface area (Å²) < 4.78 is 56.2. The molecular weight excluding hydrogens is 360 g/mol. The predicted octanol–water partition coefficient (Wildman–Crippen LogP) is 4.72. The first-order chi connectivity index (χ1) is 12.9. The van der Waals surface area contributed by atoms with E-state index >= 15 is 0 Å². The number of pyridine rings is 1. The van der Waals surface area contributed by atoms with E-state index in [9.17, 15) is 17.6 Å². The fourth-order valence-corrected chi connectivity index (χ4v) is 3.07. The summed E-state index contributed by atoms with van der Waals surface area (Å²) in [5, 5.41) is 0. The third-order valence-electron chi connectivity index (χ3n) is 4.33. The van der Waals surface area contributed by atoms with Crippen LogP contribution in [0.2, 0.25) is 0 Å². The highest BCUT2D eigenvalue weighted by atomic mass is 19.3. The number of hydrogen-bond acceptors (Lipinski definition) is 2. The number of alkyl halides is 2. The Kier molecular flexibility index (Phi) is 4.18. The van der Waals surface area contributed by atoms with Crippen molar-refractivity contribution >= 4 is 5.65 Å². The zero-order valence-electron chi connectivity index (χ0n) is 14.2. The summed E-state index contributed by atoms with van der Waals surface area (Å²) in [6.45, 7) is 1.31. The molecule has 0 aliphatic rings. The highest BCUT2D eigenvalue weighted by Gasteiger charge is 2.19. The van der Waals surface area contributed by atoms with Gasteiger partial charge in [0.25, 0.3) is 6.43 Å². The van der Waals surface area contributed by atoms with Gasteiger partial charge in [-0.15, -0.1) is 0 Å². The van der Waals surface area contributed by atoms with E-state index in [1.165, 1.54) is 17.0 Å². The predicted molar refractivity (Wildman–Crippen MR) is 92.5 cm³/mol. The minimum Gasteiger partial charge on any atom is -0.324 e. The maximum absolute atomic E-state index is 13.7. The lowest BCUT2D eigenvalue weighted by Gasteiger charge is -2.11. The zero-order chi connectivity index (χ0) is 19.1. The van der Waals surface area contributed by atoms with Crippen LogP contribution in [-0.4, -0.2) is 25.4 Å². The standard InChI is InChI=1S/C19H14F4N4/c1-11-7-24-17-5-3-13(8-27(11)17)19-18(25-10-26(19)9-16(22)23)12-2-4-14(20)15(21)6-12/h2-8,10,16H,9H2,1H3. The fourth-order valence-electron chi connectivity index (χ4n) is 3.07. The van der Waals surface area contributed by atoms with Crippen molar-refractivity contribution in [1.82, 2.24) is 18.9 Å². The molecule has 4 nitrogen and oxygen atoms in total. The van der Waals surface area contributed by atoms with Crippen LogP contribution in [0.1, 0.15) is 5.69 Å². The Morgan fingerprint density at radius 2 is 1.78 bits per heavy atom. The van der Waals surface area contributed by atoms with Crippen LogP contribution in [0.3, 0.4) is 0 Å². The average molecular weight is 374 g/mol. The zero-order valence-corrected chi connectivity index (χ0v) is 14.2. The van der Waals surface area contributed by atoms with Gasteiger partial charge in [-0.1, -0.05) is 0 Å². The van der Waals surface area contributed by atoms with Crippen molar-refractivity contribution in [1.29, 1.82) is 0 Å². The van der Waals surface area contributed by atoms with Crippen LogP contribution in [0.25, 0.3) is 28.2 Å². The highest BCUT2D eigenvalue weighted by molar-refractivity contribution is 5.79. The Morgan fingerprint density at radius 3 is 2.52 bits per heavy atom. The van der Waals surface area contributed by atoms with E-state index in [0.717, 1.165) is 17.8 Å². The minimum atomic E-state index is -2.59. The maximum Gasteiger partial charge on any atom is 0.256 e. The van der Waals surface area contributed by atoms with Gasteiger partial charge < -0.3 is 8.97 Å². The first-order valence-corrected chi connectivity index (χ1v) is 8.17. The van der Waals surface area contributed by atoms with E-state index in [-0.39, 0.29) is 0 Å². The molecule has 0 amide bonds. The second-order valence-corrected chi connectivity index (χ2v) is 6.16. The summed E-state index contributed by atoms with van der Waals surface area (Å²) in [6.07, 6.45) is 2.16. The third kappa shape index (κ3) is 3.07. The number of fused-ring (bicyclic) bond motifs is 1. The topological polar surface area (TPSA) is 35.1 Å². The number of rotatable bonds is 4. The van der Waals surface area contributed by atoms with Gasteiger partial charge in [0.2, 0.25) is 0 Å². The second kappa shape index (κ2) is 6.53. The van der Waals surface area contributed by atoms with Crippen LogP contribution in [0.15, 0.2) is 49.1 Å². The molecule has 0 aliphatic heterocycles. The Bertz CT molecular complexity index is 1130. The minimum absolute atomic E-state index is 0.298.